The number of hydrogen-bond donors (Lipinski definition) is 3. The first-order valence-corrected chi connectivity index (χ1v) is 6.40. The summed E-state index contributed by atoms with van der Waals surface area (Å²) in [7, 11) is 0. The Kier molecular flexibility index (Phi) is 7.21. The van der Waals surface area contributed by atoms with E-state index in [0.29, 0.717) is 4.32 Å². The summed E-state index contributed by atoms with van der Waals surface area (Å²) in [5.74, 6) is 0. The Morgan fingerprint density at radius 2 is 1.75 bits per heavy atom. The van der Waals surface area contributed by atoms with Crippen LogP contribution in [-0.2, 0) is 0 Å². The van der Waals surface area contributed by atoms with Gasteiger partial charge >= 0.3 is 0 Å². The molecule has 0 unspecified atom stereocenters. The molecule has 1 aliphatic heterocycles. The van der Waals surface area contributed by atoms with Gasteiger partial charge in [0.25, 0.3) is 0 Å². The molecule has 0 spiro atoms. The molecule has 88 valence electrons. The summed E-state index contributed by atoms with van der Waals surface area (Å²) >= 11 is 8.66. The van der Waals surface area contributed by atoms with Crippen LogP contribution in [0, 0.1) is 0 Å². The maximum absolute atomic E-state index is 4.73. The van der Waals surface area contributed by atoms with E-state index in [4.69, 9.17) is 12.2 Å². The standard InChI is InChI=1S/C7H7NS2.C5H11N/c9-7(10)8-6-4-2-1-3-5-6;1-2-4-6-5-3-1/h1-5H,(H2,8,9,10);6H,1-5H2. The van der Waals surface area contributed by atoms with Gasteiger partial charge in [0.1, 0.15) is 4.32 Å². The zero-order valence-corrected chi connectivity index (χ0v) is 11.0. The van der Waals surface area contributed by atoms with Gasteiger partial charge in [-0.3, -0.25) is 0 Å². The van der Waals surface area contributed by atoms with E-state index < -0.39 is 0 Å². The summed E-state index contributed by atoms with van der Waals surface area (Å²) in [6, 6.07) is 9.69. The maximum Gasteiger partial charge on any atom is 0.135 e. The first kappa shape index (κ1) is 13.5. The van der Waals surface area contributed by atoms with Crippen molar-refractivity contribution in [1.82, 2.24) is 5.32 Å². The zero-order valence-electron chi connectivity index (χ0n) is 9.28. The molecular weight excluding hydrogens is 236 g/mol. The van der Waals surface area contributed by atoms with E-state index >= 15 is 0 Å². The van der Waals surface area contributed by atoms with Crippen LogP contribution in [-0.4, -0.2) is 17.4 Å². The summed E-state index contributed by atoms with van der Waals surface area (Å²) in [6.45, 7) is 2.50. The van der Waals surface area contributed by atoms with E-state index in [2.05, 4.69) is 23.3 Å². The predicted octanol–water partition coefficient (Wildman–Crippen LogP) is 3.07. The molecule has 0 aromatic heterocycles. The average molecular weight is 254 g/mol. The van der Waals surface area contributed by atoms with Gasteiger partial charge < -0.3 is 10.6 Å². The van der Waals surface area contributed by atoms with Gasteiger partial charge in [-0.2, -0.15) is 0 Å². The fraction of sp³-hybridized carbons (Fsp3) is 0.417. The van der Waals surface area contributed by atoms with Crippen LogP contribution in [0.2, 0.25) is 0 Å². The zero-order chi connectivity index (χ0) is 11.6. The molecule has 0 saturated carbocycles. The van der Waals surface area contributed by atoms with Crippen molar-refractivity contribution in [3.8, 4) is 0 Å². The first-order valence-electron chi connectivity index (χ1n) is 5.55. The van der Waals surface area contributed by atoms with Gasteiger partial charge in [-0.1, -0.05) is 36.8 Å². The number of para-hydroxylation sites is 1. The minimum absolute atomic E-state index is 0.492. The number of rotatable bonds is 1. The lowest BCUT2D eigenvalue weighted by atomic mass is 10.2. The third-order valence-electron chi connectivity index (χ3n) is 2.23. The van der Waals surface area contributed by atoms with Crippen molar-refractivity contribution in [2.24, 2.45) is 0 Å². The molecule has 1 aromatic rings. The Morgan fingerprint density at radius 1 is 1.12 bits per heavy atom. The monoisotopic (exact) mass is 254 g/mol. The van der Waals surface area contributed by atoms with E-state index in [-0.39, 0.29) is 0 Å². The minimum Gasteiger partial charge on any atom is -0.341 e. The molecule has 0 amide bonds. The van der Waals surface area contributed by atoms with E-state index in [0.717, 1.165) is 5.69 Å². The lowest BCUT2D eigenvalue weighted by molar-refractivity contribution is 0.520. The SMILES string of the molecule is C1CCNCC1.S=C(S)Nc1ccccc1. The van der Waals surface area contributed by atoms with Crippen LogP contribution in [0.1, 0.15) is 19.3 Å². The molecule has 1 aliphatic rings. The number of nitrogens with one attached hydrogen (secondary N) is 2. The van der Waals surface area contributed by atoms with Crippen molar-refractivity contribution in [2.75, 3.05) is 18.4 Å². The highest BCUT2D eigenvalue weighted by molar-refractivity contribution is 8.11. The number of anilines is 1. The number of thiol groups is 1. The van der Waals surface area contributed by atoms with Crippen molar-refractivity contribution in [3.63, 3.8) is 0 Å². The van der Waals surface area contributed by atoms with Crippen LogP contribution in [0.25, 0.3) is 0 Å². The van der Waals surface area contributed by atoms with Crippen molar-refractivity contribution >= 4 is 34.9 Å². The second-order valence-corrected chi connectivity index (χ2v) is 4.76. The molecule has 0 bridgehead atoms. The van der Waals surface area contributed by atoms with Gasteiger partial charge in [0.15, 0.2) is 0 Å². The molecule has 1 aromatic carbocycles. The maximum atomic E-state index is 4.73. The molecule has 0 aliphatic carbocycles. The molecule has 4 heteroatoms. The highest BCUT2D eigenvalue weighted by atomic mass is 32.1. The number of hydrogen-bond acceptors (Lipinski definition) is 2. The highest BCUT2D eigenvalue weighted by Crippen LogP contribution is 2.05. The fourth-order valence-electron chi connectivity index (χ4n) is 1.45. The molecule has 1 fully saturated rings. The molecule has 1 heterocycles. The third-order valence-corrected chi connectivity index (χ3v) is 2.45. The minimum atomic E-state index is 0.492. The molecule has 16 heavy (non-hydrogen) atoms. The van der Waals surface area contributed by atoms with E-state index in [1.54, 1.807) is 0 Å². The molecule has 0 radical (unpaired) electrons. The smallest absolute Gasteiger partial charge is 0.135 e. The molecule has 1 saturated heterocycles. The van der Waals surface area contributed by atoms with Gasteiger partial charge in [0.2, 0.25) is 0 Å². The van der Waals surface area contributed by atoms with Crippen LogP contribution >= 0.6 is 24.8 Å². The molecular formula is C12H18N2S2. The van der Waals surface area contributed by atoms with Crippen LogP contribution in [0.15, 0.2) is 30.3 Å². The second-order valence-electron chi connectivity index (χ2n) is 3.61. The van der Waals surface area contributed by atoms with E-state index in [1.165, 1.54) is 32.4 Å². The summed E-state index contributed by atoms with van der Waals surface area (Å²) < 4.78 is 0.492. The Hall–Kier alpha value is -0.580. The summed E-state index contributed by atoms with van der Waals surface area (Å²) in [5, 5.41) is 6.19. The van der Waals surface area contributed by atoms with Crippen LogP contribution in [0.5, 0.6) is 0 Å². The van der Waals surface area contributed by atoms with Crippen LogP contribution in [0.4, 0.5) is 5.69 Å². The van der Waals surface area contributed by atoms with Gasteiger partial charge in [-0.25, -0.2) is 0 Å². The van der Waals surface area contributed by atoms with Gasteiger partial charge in [0.05, 0.1) is 0 Å². The molecule has 0 atom stereocenters. The van der Waals surface area contributed by atoms with Gasteiger partial charge in [-0.15, -0.1) is 12.6 Å². The number of benzene rings is 1. The van der Waals surface area contributed by atoms with Gasteiger partial charge in [0, 0.05) is 5.69 Å². The van der Waals surface area contributed by atoms with Crippen molar-refractivity contribution < 1.29 is 0 Å². The van der Waals surface area contributed by atoms with Crippen molar-refractivity contribution in [2.45, 2.75) is 19.3 Å². The van der Waals surface area contributed by atoms with E-state index in [9.17, 15) is 0 Å². The lowest BCUT2D eigenvalue weighted by Gasteiger charge is -2.08. The molecule has 2 N–H and O–H groups in total. The Labute approximate surface area is 108 Å². The predicted molar refractivity (Wildman–Crippen MR) is 78.4 cm³/mol. The Balaban J connectivity index is 0.000000181. The fourth-order valence-corrected chi connectivity index (χ4v) is 1.69. The Morgan fingerprint density at radius 3 is 2.12 bits per heavy atom. The second kappa shape index (κ2) is 8.56. The van der Waals surface area contributed by atoms with Crippen molar-refractivity contribution in [3.05, 3.63) is 30.3 Å². The first-order chi connectivity index (χ1) is 7.79. The summed E-state index contributed by atoms with van der Waals surface area (Å²) in [5.41, 5.74) is 0.975. The van der Waals surface area contributed by atoms with Crippen LogP contribution in [0.3, 0.4) is 0 Å². The normalized spacial score (nSPS) is 14.6. The number of piperidine rings is 1. The Bertz CT molecular complexity index is 286. The number of thiocarbonyl (C=S) groups is 1. The summed E-state index contributed by atoms with van der Waals surface area (Å²) in [6.07, 6.45) is 4.22. The highest BCUT2D eigenvalue weighted by Gasteiger charge is 1.93. The summed E-state index contributed by atoms with van der Waals surface area (Å²) in [4.78, 5) is 0. The van der Waals surface area contributed by atoms with Crippen molar-refractivity contribution in [1.29, 1.82) is 0 Å². The van der Waals surface area contributed by atoms with Crippen LogP contribution < -0.4 is 10.6 Å². The lowest BCUT2D eigenvalue weighted by Crippen LogP contribution is -2.21. The average Bonchev–Trinajstić information content (AvgIpc) is 2.32. The largest absolute Gasteiger partial charge is 0.341 e. The topological polar surface area (TPSA) is 24.1 Å². The van der Waals surface area contributed by atoms with E-state index in [1.807, 2.05) is 30.3 Å². The molecule has 2 rings (SSSR count). The molecule has 2 nitrogen and oxygen atoms in total. The quantitative estimate of drug-likeness (QED) is 0.530. The third kappa shape index (κ3) is 6.82. The van der Waals surface area contributed by atoms with Gasteiger partial charge in [-0.05, 0) is 38.1 Å².